The molecule has 0 spiro atoms. The van der Waals surface area contributed by atoms with Crippen LogP contribution in [0.25, 0.3) is 0 Å². The molecular weight excluding hydrogens is 244 g/mol. The van der Waals surface area contributed by atoms with Gasteiger partial charge in [0, 0.05) is 31.2 Å². The molecular formula is C8H10N6S2. The third kappa shape index (κ3) is 1.91. The third-order valence-electron chi connectivity index (χ3n) is 2.56. The van der Waals surface area contributed by atoms with Crippen LogP contribution in [-0.2, 0) is 0 Å². The van der Waals surface area contributed by atoms with E-state index in [9.17, 15) is 0 Å². The number of aromatic nitrogens is 4. The van der Waals surface area contributed by atoms with Gasteiger partial charge in [-0.15, -0.1) is 10.2 Å². The van der Waals surface area contributed by atoms with Gasteiger partial charge in [-0.3, -0.25) is 0 Å². The summed E-state index contributed by atoms with van der Waals surface area (Å²) in [5, 5.41) is 12.3. The van der Waals surface area contributed by atoms with Crippen molar-refractivity contribution in [3.8, 4) is 0 Å². The van der Waals surface area contributed by atoms with E-state index in [1.807, 2.05) is 12.4 Å². The highest BCUT2D eigenvalue weighted by Crippen LogP contribution is 2.24. The lowest BCUT2D eigenvalue weighted by atomic mass is 10.2. The van der Waals surface area contributed by atoms with Gasteiger partial charge in [0.2, 0.25) is 0 Å². The molecule has 6 nitrogen and oxygen atoms in total. The summed E-state index contributed by atoms with van der Waals surface area (Å²) < 4.78 is 7.79. The molecule has 0 amide bonds. The lowest BCUT2D eigenvalue weighted by molar-refractivity contribution is 0.478. The van der Waals surface area contributed by atoms with Crippen LogP contribution >= 0.6 is 23.1 Å². The second-order valence-corrected chi connectivity index (χ2v) is 5.11. The van der Waals surface area contributed by atoms with Gasteiger partial charge in [0.25, 0.3) is 0 Å². The van der Waals surface area contributed by atoms with E-state index >= 15 is 0 Å². The summed E-state index contributed by atoms with van der Waals surface area (Å²) in [6.07, 6.45) is 3.65. The first-order valence-electron chi connectivity index (χ1n) is 4.96. The summed E-state index contributed by atoms with van der Waals surface area (Å²) in [7, 11) is 0. The van der Waals surface area contributed by atoms with E-state index < -0.39 is 0 Å². The Morgan fingerprint density at radius 2 is 2.12 bits per heavy atom. The average Bonchev–Trinajstić information content (AvgIpc) is 3.03. The van der Waals surface area contributed by atoms with Crippen molar-refractivity contribution in [2.75, 3.05) is 24.5 Å². The predicted molar refractivity (Wildman–Crippen MR) is 62.8 cm³/mol. The van der Waals surface area contributed by atoms with Gasteiger partial charge in [-0.2, -0.15) is 0 Å². The molecule has 1 atom stereocenters. The molecule has 84 valence electrons. The maximum atomic E-state index is 3.90. The topological polar surface area (TPSA) is 66.8 Å². The molecule has 1 N–H and O–H groups in total. The average molecular weight is 254 g/mol. The highest BCUT2D eigenvalue weighted by atomic mass is 32.1. The van der Waals surface area contributed by atoms with Crippen molar-refractivity contribution in [1.82, 2.24) is 24.5 Å². The zero-order valence-corrected chi connectivity index (χ0v) is 10.0. The van der Waals surface area contributed by atoms with Crippen LogP contribution in [0.5, 0.6) is 0 Å². The predicted octanol–water partition coefficient (Wildman–Crippen LogP) is 0.540. The largest absolute Gasteiger partial charge is 0.358 e. The molecule has 3 rings (SSSR count). The number of rotatable bonds is 2. The summed E-state index contributed by atoms with van der Waals surface area (Å²) >= 11 is 2.89. The normalized spacial score (nSPS) is 21.2. The molecule has 8 heteroatoms. The van der Waals surface area contributed by atoms with Crippen molar-refractivity contribution in [2.24, 2.45) is 0 Å². The lowest BCUT2D eigenvalue weighted by Crippen LogP contribution is -2.45. The van der Waals surface area contributed by atoms with Gasteiger partial charge in [0.05, 0.1) is 23.3 Å². The minimum atomic E-state index is 0.316. The molecule has 0 aromatic carbocycles. The zero-order chi connectivity index (χ0) is 10.8. The van der Waals surface area contributed by atoms with E-state index in [0.29, 0.717) is 6.04 Å². The Bertz CT molecular complexity index is 387. The maximum absolute atomic E-state index is 3.90. The molecule has 0 bridgehead atoms. The lowest BCUT2D eigenvalue weighted by Gasteiger charge is -2.32. The molecule has 1 fully saturated rings. The van der Waals surface area contributed by atoms with Crippen molar-refractivity contribution in [3.63, 3.8) is 0 Å². The van der Waals surface area contributed by atoms with Crippen molar-refractivity contribution in [2.45, 2.75) is 6.04 Å². The van der Waals surface area contributed by atoms with Crippen LogP contribution in [-0.4, -0.2) is 38.8 Å². The molecule has 1 saturated heterocycles. The SMILES string of the molecule is c1nnsc1C1CN(c2cnns2)CCN1. The summed E-state index contributed by atoms with van der Waals surface area (Å²) in [6, 6.07) is 0.316. The van der Waals surface area contributed by atoms with Gasteiger partial charge in [-0.1, -0.05) is 8.98 Å². The van der Waals surface area contributed by atoms with Crippen molar-refractivity contribution >= 4 is 28.1 Å². The first-order valence-corrected chi connectivity index (χ1v) is 6.51. The molecule has 1 unspecified atom stereocenters. The highest BCUT2D eigenvalue weighted by Gasteiger charge is 2.23. The molecule has 1 aliphatic rings. The number of nitrogens with zero attached hydrogens (tertiary/aromatic N) is 5. The van der Waals surface area contributed by atoms with Crippen LogP contribution < -0.4 is 10.2 Å². The third-order valence-corrected chi connectivity index (χ3v) is 4.06. The van der Waals surface area contributed by atoms with Crippen LogP contribution in [0.1, 0.15) is 10.9 Å². The Morgan fingerprint density at radius 3 is 2.88 bits per heavy atom. The zero-order valence-electron chi connectivity index (χ0n) is 8.41. The molecule has 3 heterocycles. The summed E-state index contributed by atoms with van der Waals surface area (Å²) in [5.41, 5.74) is 0. The van der Waals surface area contributed by atoms with Crippen LogP contribution in [0.15, 0.2) is 12.4 Å². The van der Waals surface area contributed by atoms with Gasteiger partial charge in [0.1, 0.15) is 5.00 Å². The number of nitrogens with one attached hydrogen (secondary N) is 1. The van der Waals surface area contributed by atoms with E-state index in [4.69, 9.17) is 0 Å². The Kier molecular flexibility index (Phi) is 2.77. The fraction of sp³-hybridized carbons (Fsp3) is 0.500. The van der Waals surface area contributed by atoms with E-state index in [-0.39, 0.29) is 0 Å². The van der Waals surface area contributed by atoms with Gasteiger partial charge in [-0.25, -0.2) is 0 Å². The van der Waals surface area contributed by atoms with E-state index in [2.05, 4.69) is 29.4 Å². The number of hydrogen-bond donors (Lipinski definition) is 1. The number of anilines is 1. The minimum absolute atomic E-state index is 0.316. The second kappa shape index (κ2) is 4.40. The van der Waals surface area contributed by atoms with Crippen LogP contribution in [0.2, 0.25) is 0 Å². The summed E-state index contributed by atoms with van der Waals surface area (Å²) in [5.74, 6) is 0. The van der Waals surface area contributed by atoms with Gasteiger partial charge in [-0.05, 0) is 11.5 Å². The molecule has 16 heavy (non-hydrogen) atoms. The monoisotopic (exact) mass is 254 g/mol. The Balaban J connectivity index is 1.75. The molecule has 1 aliphatic heterocycles. The van der Waals surface area contributed by atoms with Crippen LogP contribution in [0.4, 0.5) is 5.00 Å². The van der Waals surface area contributed by atoms with Gasteiger partial charge >= 0.3 is 0 Å². The molecule has 0 radical (unpaired) electrons. The fourth-order valence-electron chi connectivity index (χ4n) is 1.77. The van der Waals surface area contributed by atoms with E-state index in [0.717, 1.165) is 24.6 Å². The highest BCUT2D eigenvalue weighted by molar-refractivity contribution is 7.09. The molecule has 2 aromatic rings. The smallest absolute Gasteiger partial charge is 0.132 e. The van der Waals surface area contributed by atoms with Gasteiger partial charge < -0.3 is 10.2 Å². The van der Waals surface area contributed by atoms with Gasteiger partial charge in [0.15, 0.2) is 0 Å². The molecule has 0 aliphatic carbocycles. The number of hydrogen-bond acceptors (Lipinski definition) is 8. The van der Waals surface area contributed by atoms with E-state index in [1.54, 1.807) is 0 Å². The summed E-state index contributed by atoms with van der Waals surface area (Å²) in [6.45, 7) is 2.88. The van der Waals surface area contributed by atoms with Crippen molar-refractivity contribution in [1.29, 1.82) is 0 Å². The standard InChI is InChI=1S/C8H10N6S2/c1-2-14(8-4-11-13-16-8)5-6(9-1)7-3-10-12-15-7/h3-4,6,9H,1-2,5H2. The summed E-state index contributed by atoms with van der Waals surface area (Å²) in [4.78, 5) is 3.48. The Morgan fingerprint density at radius 1 is 1.25 bits per heavy atom. The van der Waals surface area contributed by atoms with Crippen molar-refractivity contribution in [3.05, 3.63) is 17.3 Å². The number of piperazine rings is 1. The van der Waals surface area contributed by atoms with Crippen LogP contribution in [0, 0.1) is 0 Å². The Labute approximate surface area is 101 Å². The second-order valence-electron chi connectivity index (χ2n) is 3.53. The maximum Gasteiger partial charge on any atom is 0.132 e. The first-order chi connectivity index (χ1) is 7.93. The molecule has 2 aromatic heterocycles. The molecule has 0 saturated carbocycles. The minimum Gasteiger partial charge on any atom is -0.358 e. The first kappa shape index (κ1) is 10.1. The Hall–Kier alpha value is -1.12. The van der Waals surface area contributed by atoms with E-state index in [1.165, 1.54) is 27.9 Å². The van der Waals surface area contributed by atoms with Crippen molar-refractivity contribution < 1.29 is 0 Å². The van der Waals surface area contributed by atoms with Crippen LogP contribution in [0.3, 0.4) is 0 Å². The quantitative estimate of drug-likeness (QED) is 0.844. The fourth-order valence-corrected chi connectivity index (χ4v) is 2.89.